The maximum Gasteiger partial charge on any atom is 0.206 e. The lowest BCUT2D eigenvalue weighted by molar-refractivity contribution is 0.0983. The molecule has 0 saturated carbocycles. The van der Waals surface area contributed by atoms with Gasteiger partial charge in [-0.05, 0) is 43.3 Å². The van der Waals surface area contributed by atoms with Crippen LogP contribution in [0.2, 0.25) is 0 Å². The number of nitrogens with one attached hydrogen (secondary N) is 2. The first-order valence-electron chi connectivity index (χ1n) is 8.91. The topological polar surface area (TPSA) is 100 Å². The number of carbonyl (C=O) groups is 1. The predicted molar refractivity (Wildman–Crippen MR) is 106 cm³/mol. The van der Waals surface area contributed by atoms with Crippen LogP contribution in [0.3, 0.4) is 0 Å². The van der Waals surface area contributed by atoms with E-state index in [4.69, 9.17) is 0 Å². The highest BCUT2D eigenvalue weighted by Crippen LogP contribution is 2.28. The summed E-state index contributed by atoms with van der Waals surface area (Å²) in [6.07, 6.45) is 3.68. The molecule has 5 rings (SSSR count). The minimum Gasteiger partial charge on any atom is -0.300 e. The van der Waals surface area contributed by atoms with Gasteiger partial charge in [-0.3, -0.25) is 19.9 Å². The number of ketones is 1. The summed E-state index contributed by atoms with van der Waals surface area (Å²) in [7, 11) is 0. The summed E-state index contributed by atoms with van der Waals surface area (Å²) >= 11 is 0. The molecule has 28 heavy (non-hydrogen) atoms. The number of hydrogen-bond donors (Lipinski definition) is 2. The van der Waals surface area contributed by atoms with Crippen LogP contribution in [0.4, 0.5) is 0 Å². The summed E-state index contributed by atoms with van der Waals surface area (Å²) in [6, 6.07) is 13.4. The molecular weight excluding hydrogens is 352 g/mol. The number of pyridine rings is 2. The van der Waals surface area contributed by atoms with Gasteiger partial charge in [-0.1, -0.05) is 6.07 Å². The van der Waals surface area contributed by atoms with Gasteiger partial charge in [0.2, 0.25) is 5.78 Å². The molecule has 2 N–H and O–H groups in total. The second-order valence-corrected chi connectivity index (χ2v) is 6.66. The Hall–Kier alpha value is -3.87. The van der Waals surface area contributed by atoms with Crippen molar-refractivity contribution >= 4 is 27.7 Å². The number of benzene rings is 1. The van der Waals surface area contributed by atoms with Crippen molar-refractivity contribution in [3.8, 4) is 11.3 Å². The van der Waals surface area contributed by atoms with Crippen LogP contribution in [0, 0.1) is 6.92 Å². The molecule has 0 bridgehead atoms. The van der Waals surface area contributed by atoms with Gasteiger partial charge in [-0.15, -0.1) is 0 Å². The molecule has 7 heteroatoms. The largest absolute Gasteiger partial charge is 0.300 e. The Bertz CT molecular complexity index is 1320. The normalized spacial score (nSPS) is 11.3. The molecule has 1 aromatic carbocycles. The summed E-state index contributed by atoms with van der Waals surface area (Å²) in [6.45, 7) is 1.90. The molecule has 7 nitrogen and oxygen atoms in total. The predicted octanol–water partition coefficient (Wildman–Crippen LogP) is 3.63. The minimum atomic E-state index is -0.140. The van der Waals surface area contributed by atoms with E-state index in [0.29, 0.717) is 11.0 Å². The number of hydrogen-bond acceptors (Lipinski definition) is 5. The SMILES string of the molecule is Cc1cccc(CC(=O)c2nc3cc4[nH][nH]c(-c5ccncc5)c4cc3n2)n1. The lowest BCUT2D eigenvalue weighted by Crippen LogP contribution is -2.07. The molecule has 136 valence electrons. The Labute approximate surface area is 159 Å². The van der Waals surface area contributed by atoms with Gasteiger partial charge in [0.05, 0.1) is 28.7 Å². The number of fused-ring (bicyclic) bond motifs is 2. The summed E-state index contributed by atoms with van der Waals surface area (Å²) in [4.78, 5) is 30.0. The molecular formula is C21H16N6O. The molecule has 0 atom stereocenters. The van der Waals surface area contributed by atoms with Crippen molar-refractivity contribution in [2.24, 2.45) is 0 Å². The molecule has 0 amide bonds. The molecule has 4 aromatic heterocycles. The number of rotatable bonds is 4. The Morgan fingerprint density at radius 2 is 1.75 bits per heavy atom. The Morgan fingerprint density at radius 1 is 0.964 bits per heavy atom. The van der Waals surface area contributed by atoms with E-state index >= 15 is 0 Å². The number of carbonyl (C=O) groups excluding carboxylic acids is 1. The summed E-state index contributed by atoms with van der Waals surface area (Å²) in [5.41, 5.74) is 5.84. The molecule has 5 aromatic rings. The fraction of sp³-hybridized carbons (Fsp3) is 0.0952. The van der Waals surface area contributed by atoms with Crippen LogP contribution in [0.1, 0.15) is 22.0 Å². The van der Waals surface area contributed by atoms with E-state index in [-0.39, 0.29) is 18.0 Å². The van der Waals surface area contributed by atoms with Gasteiger partial charge < -0.3 is 5.10 Å². The first-order chi connectivity index (χ1) is 13.7. The monoisotopic (exact) mass is 368 g/mol. The van der Waals surface area contributed by atoms with Crippen LogP contribution in [-0.4, -0.2) is 35.9 Å². The number of aromatic nitrogens is 6. The third-order valence-electron chi connectivity index (χ3n) is 4.67. The van der Waals surface area contributed by atoms with Crippen LogP contribution in [-0.2, 0) is 6.42 Å². The van der Waals surface area contributed by atoms with Gasteiger partial charge in [0, 0.05) is 34.7 Å². The fourth-order valence-electron chi connectivity index (χ4n) is 3.33. The van der Waals surface area contributed by atoms with E-state index in [1.165, 1.54) is 0 Å². The van der Waals surface area contributed by atoms with Crippen molar-refractivity contribution in [3.63, 3.8) is 0 Å². The van der Waals surface area contributed by atoms with Crippen molar-refractivity contribution in [1.82, 2.24) is 30.1 Å². The van der Waals surface area contributed by atoms with Crippen molar-refractivity contribution in [1.29, 1.82) is 0 Å². The van der Waals surface area contributed by atoms with Gasteiger partial charge in [0.25, 0.3) is 0 Å². The smallest absolute Gasteiger partial charge is 0.206 e. The van der Waals surface area contributed by atoms with Gasteiger partial charge in [0.15, 0.2) is 5.82 Å². The zero-order valence-electron chi connectivity index (χ0n) is 15.1. The quantitative estimate of drug-likeness (QED) is 0.472. The Balaban J connectivity index is 1.53. The van der Waals surface area contributed by atoms with Gasteiger partial charge >= 0.3 is 0 Å². The number of aromatic amines is 2. The van der Waals surface area contributed by atoms with E-state index in [9.17, 15) is 4.79 Å². The molecule has 4 heterocycles. The maximum absolute atomic E-state index is 12.6. The van der Waals surface area contributed by atoms with Gasteiger partial charge in [-0.25, -0.2) is 9.97 Å². The van der Waals surface area contributed by atoms with Crippen molar-refractivity contribution in [3.05, 3.63) is 72.1 Å². The molecule has 0 radical (unpaired) electrons. The van der Waals surface area contributed by atoms with Gasteiger partial charge in [-0.2, -0.15) is 0 Å². The summed E-state index contributed by atoms with van der Waals surface area (Å²) in [5.74, 6) is 0.0827. The van der Waals surface area contributed by atoms with Crippen molar-refractivity contribution in [2.45, 2.75) is 13.3 Å². The fourth-order valence-corrected chi connectivity index (χ4v) is 3.33. The number of imidazole rings is 1. The van der Waals surface area contributed by atoms with Crippen LogP contribution < -0.4 is 0 Å². The standard InChI is InChI=1S/C21H16N6O/c1-12-3-2-4-14(23-12)9-19(28)21-24-17-10-15-16(11-18(17)25-21)26-27-20(15)13-5-7-22-8-6-13/h2-8,10-11,26-27H,9H2,1H3. The Morgan fingerprint density at radius 3 is 2.54 bits per heavy atom. The van der Waals surface area contributed by atoms with Gasteiger partial charge in [0.1, 0.15) is 0 Å². The van der Waals surface area contributed by atoms with Crippen LogP contribution in [0.5, 0.6) is 0 Å². The van der Waals surface area contributed by atoms with Crippen molar-refractivity contribution in [2.75, 3.05) is 0 Å². The highest BCUT2D eigenvalue weighted by atomic mass is 16.1. The van der Waals surface area contributed by atoms with E-state index in [1.807, 2.05) is 49.4 Å². The van der Waals surface area contributed by atoms with E-state index in [1.54, 1.807) is 12.4 Å². The second-order valence-electron chi connectivity index (χ2n) is 6.66. The molecule has 0 aliphatic carbocycles. The number of aryl methyl sites for hydroxylation is 1. The second kappa shape index (κ2) is 6.38. The number of H-pyrrole nitrogens is 2. The lowest BCUT2D eigenvalue weighted by atomic mass is 10.1. The van der Waals surface area contributed by atoms with E-state index < -0.39 is 0 Å². The van der Waals surface area contributed by atoms with E-state index in [0.717, 1.165) is 33.5 Å². The van der Waals surface area contributed by atoms with Crippen molar-refractivity contribution < 1.29 is 4.79 Å². The minimum absolute atomic E-state index is 0.140. The molecule has 0 aliphatic heterocycles. The molecule has 0 saturated heterocycles. The molecule has 0 spiro atoms. The third kappa shape index (κ3) is 2.83. The average Bonchev–Trinajstić information content (AvgIpc) is 3.30. The number of Topliss-reactive ketones (excluding diaryl/α,β-unsaturated/α-hetero) is 1. The molecule has 0 aliphatic rings. The first kappa shape index (κ1) is 16.3. The highest BCUT2D eigenvalue weighted by Gasteiger charge is 2.16. The zero-order chi connectivity index (χ0) is 19.1. The third-order valence-corrected chi connectivity index (χ3v) is 4.67. The molecule has 0 unspecified atom stereocenters. The maximum atomic E-state index is 12.6. The average molecular weight is 368 g/mol. The number of nitrogens with zero attached hydrogens (tertiary/aromatic N) is 4. The highest BCUT2D eigenvalue weighted by molar-refractivity contribution is 6.03. The zero-order valence-corrected chi connectivity index (χ0v) is 15.1. The van der Waals surface area contributed by atoms with Crippen LogP contribution in [0.15, 0.2) is 54.9 Å². The lowest BCUT2D eigenvalue weighted by Gasteiger charge is -1.98. The van der Waals surface area contributed by atoms with E-state index in [2.05, 4.69) is 30.1 Å². The Kier molecular flexibility index (Phi) is 3.72. The summed E-state index contributed by atoms with van der Waals surface area (Å²) < 4.78 is 0. The van der Waals surface area contributed by atoms with Crippen LogP contribution >= 0.6 is 0 Å². The summed E-state index contributed by atoms with van der Waals surface area (Å²) in [5, 5.41) is 7.33. The van der Waals surface area contributed by atoms with Crippen LogP contribution in [0.25, 0.3) is 33.2 Å². The molecule has 0 fully saturated rings. The first-order valence-corrected chi connectivity index (χ1v) is 8.91.